The normalized spacial score (nSPS) is 12.3. The van der Waals surface area contributed by atoms with Gasteiger partial charge in [0, 0.05) is 0 Å². The predicted molar refractivity (Wildman–Crippen MR) is 44.5 cm³/mol. The van der Waals surface area contributed by atoms with Crippen molar-refractivity contribution in [3.05, 3.63) is 0 Å². The number of hydrogen-bond donors (Lipinski definition) is 1. The van der Waals surface area contributed by atoms with Gasteiger partial charge in [-0.25, -0.2) is 4.79 Å². The van der Waals surface area contributed by atoms with Gasteiger partial charge in [0.05, 0.1) is 5.92 Å². The van der Waals surface area contributed by atoms with Crippen LogP contribution < -0.4 is 0 Å². The van der Waals surface area contributed by atoms with Crippen LogP contribution in [0.4, 0.5) is 4.79 Å². The van der Waals surface area contributed by atoms with Crippen LogP contribution in [-0.2, 0) is 9.53 Å². The molecule has 0 rings (SSSR count). The minimum Gasteiger partial charge on any atom is -0.385 e. The number of ether oxygens (including phenoxy) is 1. The predicted octanol–water partition coefficient (Wildman–Crippen LogP) is 2.02. The van der Waals surface area contributed by atoms with E-state index in [4.69, 9.17) is 0 Å². The summed E-state index contributed by atoms with van der Waals surface area (Å²) in [5.41, 5.74) is 0. The standard InChI is InChI=1S/C7H12O3S/c1-3-4-5(2)6(8)10-7(9)11/h5H,3-4H2,1-2H3,(H,9,11)/t5-/m0/s1. The Balaban J connectivity index is 3.73. The summed E-state index contributed by atoms with van der Waals surface area (Å²) in [7, 11) is 0. The summed E-state index contributed by atoms with van der Waals surface area (Å²) in [6, 6.07) is 0. The maximum Gasteiger partial charge on any atom is 0.371 e. The molecule has 0 unspecified atom stereocenters. The van der Waals surface area contributed by atoms with E-state index in [0.29, 0.717) is 0 Å². The van der Waals surface area contributed by atoms with E-state index in [1.807, 2.05) is 6.92 Å². The summed E-state index contributed by atoms with van der Waals surface area (Å²) in [6.45, 7) is 3.69. The Hall–Kier alpha value is -0.510. The Bertz CT molecular complexity index is 156. The second-order valence-electron chi connectivity index (χ2n) is 2.38. The van der Waals surface area contributed by atoms with Crippen LogP contribution in [0.25, 0.3) is 0 Å². The molecule has 0 aliphatic rings. The van der Waals surface area contributed by atoms with E-state index in [2.05, 4.69) is 17.4 Å². The van der Waals surface area contributed by atoms with Crippen molar-refractivity contribution in [1.82, 2.24) is 0 Å². The fourth-order valence-electron chi connectivity index (χ4n) is 0.738. The fourth-order valence-corrected chi connectivity index (χ4v) is 0.827. The third-order valence-corrected chi connectivity index (χ3v) is 1.40. The molecule has 4 heteroatoms. The monoisotopic (exact) mass is 176 g/mol. The Morgan fingerprint density at radius 1 is 1.55 bits per heavy atom. The molecule has 0 fully saturated rings. The van der Waals surface area contributed by atoms with Crippen molar-refractivity contribution in [3.63, 3.8) is 0 Å². The molecular formula is C7H12O3S. The highest BCUT2D eigenvalue weighted by molar-refractivity contribution is 7.96. The molecule has 0 bridgehead atoms. The van der Waals surface area contributed by atoms with Crippen LogP contribution in [0.5, 0.6) is 0 Å². The van der Waals surface area contributed by atoms with Crippen LogP contribution in [0.2, 0.25) is 0 Å². The summed E-state index contributed by atoms with van der Waals surface area (Å²) in [6.07, 6.45) is 1.64. The number of carbonyl (C=O) groups excluding carboxylic acids is 2. The zero-order valence-electron chi connectivity index (χ0n) is 6.66. The molecule has 0 aromatic rings. The van der Waals surface area contributed by atoms with E-state index in [1.54, 1.807) is 6.92 Å². The van der Waals surface area contributed by atoms with E-state index in [0.717, 1.165) is 12.8 Å². The third kappa shape index (κ3) is 4.84. The number of carbonyl (C=O) groups is 2. The van der Waals surface area contributed by atoms with Gasteiger partial charge in [-0.1, -0.05) is 32.9 Å². The van der Waals surface area contributed by atoms with E-state index in [-0.39, 0.29) is 5.92 Å². The minimum absolute atomic E-state index is 0.212. The van der Waals surface area contributed by atoms with Crippen molar-refractivity contribution >= 4 is 23.9 Å². The first-order chi connectivity index (χ1) is 5.07. The highest BCUT2D eigenvalue weighted by atomic mass is 32.1. The van der Waals surface area contributed by atoms with Crippen LogP contribution in [0, 0.1) is 5.92 Å². The van der Waals surface area contributed by atoms with Gasteiger partial charge in [-0.2, -0.15) is 0 Å². The maximum absolute atomic E-state index is 10.9. The fraction of sp³-hybridized carbons (Fsp3) is 0.714. The van der Waals surface area contributed by atoms with Gasteiger partial charge in [0.1, 0.15) is 0 Å². The van der Waals surface area contributed by atoms with Gasteiger partial charge in [0.25, 0.3) is 0 Å². The minimum atomic E-state index is -0.835. The van der Waals surface area contributed by atoms with Gasteiger partial charge >= 0.3 is 11.3 Å². The SMILES string of the molecule is CCC[C@H](C)C(=O)OC(=O)S. The van der Waals surface area contributed by atoms with Gasteiger partial charge in [0.15, 0.2) is 0 Å². The van der Waals surface area contributed by atoms with Gasteiger partial charge in [-0.15, -0.1) is 0 Å². The van der Waals surface area contributed by atoms with E-state index >= 15 is 0 Å². The quantitative estimate of drug-likeness (QED) is 0.406. The average molecular weight is 176 g/mol. The molecule has 0 heterocycles. The van der Waals surface area contributed by atoms with Crippen molar-refractivity contribution in [3.8, 4) is 0 Å². The zero-order valence-corrected chi connectivity index (χ0v) is 7.56. The Kier molecular flexibility index (Phi) is 4.94. The van der Waals surface area contributed by atoms with Crippen LogP contribution in [-0.4, -0.2) is 11.3 Å². The Morgan fingerprint density at radius 3 is 2.45 bits per heavy atom. The molecule has 0 aliphatic carbocycles. The molecule has 0 aromatic carbocycles. The molecule has 64 valence electrons. The van der Waals surface area contributed by atoms with Crippen LogP contribution >= 0.6 is 12.6 Å². The summed E-state index contributed by atoms with van der Waals surface area (Å²) in [5.74, 6) is -0.706. The second kappa shape index (κ2) is 5.18. The molecule has 0 amide bonds. The second-order valence-corrected chi connectivity index (χ2v) is 2.74. The third-order valence-electron chi connectivity index (χ3n) is 1.31. The molecule has 0 saturated carbocycles. The smallest absolute Gasteiger partial charge is 0.371 e. The van der Waals surface area contributed by atoms with E-state index in [1.165, 1.54) is 0 Å². The van der Waals surface area contributed by atoms with Gasteiger partial charge < -0.3 is 4.74 Å². The van der Waals surface area contributed by atoms with Crippen molar-refractivity contribution in [2.45, 2.75) is 26.7 Å². The summed E-state index contributed by atoms with van der Waals surface area (Å²) in [5, 5.41) is -0.835. The molecule has 0 radical (unpaired) electrons. The molecule has 1 atom stereocenters. The molecule has 0 saturated heterocycles. The highest BCUT2D eigenvalue weighted by Gasteiger charge is 2.14. The molecule has 3 nitrogen and oxygen atoms in total. The van der Waals surface area contributed by atoms with Crippen LogP contribution in [0.15, 0.2) is 0 Å². The molecule has 0 N–H and O–H groups in total. The lowest BCUT2D eigenvalue weighted by atomic mass is 10.1. The van der Waals surface area contributed by atoms with E-state index < -0.39 is 11.3 Å². The highest BCUT2D eigenvalue weighted by Crippen LogP contribution is 2.07. The first kappa shape index (κ1) is 10.5. The lowest BCUT2D eigenvalue weighted by molar-refractivity contribution is -0.140. The van der Waals surface area contributed by atoms with Gasteiger partial charge in [-0.05, 0) is 6.42 Å². The Morgan fingerprint density at radius 2 is 2.09 bits per heavy atom. The summed E-state index contributed by atoms with van der Waals surface area (Å²) >= 11 is 3.32. The average Bonchev–Trinajstić information content (AvgIpc) is 1.86. The summed E-state index contributed by atoms with van der Waals surface area (Å²) in [4.78, 5) is 21.0. The zero-order chi connectivity index (χ0) is 8.85. The van der Waals surface area contributed by atoms with Crippen molar-refractivity contribution < 1.29 is 14.3 Å². The van der Waals surface area contributed by atoms with Crippen molar-refractivity contribution in [2.75, 3.05) is 0 Å². The first-order valence-electron chi connectivity index (χ1n) is 3.52. The Labute approximate surface area is 71.5 Å². The van der Waals surface area contributed by atoms with Gasteiger partial charge in [0.2, 0.25) is 0 Å². The van der Waals surface area contributed by atoms with Crippen LogP contribution in [0.1, 0.15) is 26.7 Å². The molecule has 0 aliphatic heterocycles. The molecule has 0 spiro atoms. The van der Waals surface area contributed by atoms with E-state index in [9.17, 15) is 9.59 Å². The molecule has 11 heavy (non-hydrogen) atoms. The largest absolute Gasteiger partial charge is 0.385 e. The number of rotatable bonds is 3. The van der Waals surface area contributed by atoms with Crippen LogP contribution in [0.3, 0.4) is 0 Å². The molecular weight excluding hydrogens is 164 g/mol. The number of hydrogen-bond acceptors (Lipinski definition) is 3. The number of esters is 1. The topological polar surface area (TPSA) is 43.4 Å². The lowest BCUT2D eigenvalue weighted by Gasteiger charge is -2.05. The summed E-state index contributed by atoms with van der Waals surface area (Å²) < 4.78 is 4.25. The molecule has 0 aromatic heterocycles. The van der Waals surface area contributed by atoms with Gasteiger partial charge in [-0.3, -0.25) is 4.79 Å². The number of thiol groups is 1. The van der Waals surface area contributed by atoms with Crippen molar-refractivity contribution in [2.24, 2.45) is 5.92 Å². The van der Waals surface area contributed by atoms with Crippen molar-refractivity contribution in [1.29, 1.82) is 0 Å². The first-order valence-corrected chi connectivity index (χ1v) is 3.97. The maximum atomic E-state index is 10.9. The lowest BCUT2D eigenvalue weighted by Crippen LogP contribution is -2.15.